The van der Waals surface area contributed by atoms with E-state index in [0.29, 0.717) is 12.4 Å². The molecule has 1 amide bonds. The van der Waals surface area contributed by atoms with Crippen molar-refractivity contribution in [2.24, 2.45) is 5.92 Å². The highest BCUT2D eigenvalue weighted by Crippen LogP contribution is 2.05. The van der Waals surface area contributed by atoms with E-state index in [2.05, 4.69) is 20.6 Å². The molecule has 15 heavy (non-hydrogen) atoms. The lowest BCUT2D eigenvalue weighted by Gasteiger charge is -2.10. The van der Waals surface area contributed by atoms with Crippen LogP contribution in [0.4, 0.5) is 5.82 Å². The second-order valence-electron chi connectivity index (χ2n) is 3.49. The summed E-state index contributed by atoms with van der Waals surface area (Å²) >= 11 is 0. The van der Waals surface area contributed by atoms with Crippen LogP contribution in [-0.2, 0) is 4.79 Å². The molecule has 5 heteroatoms. The van der Waals surface area contributed by atoms with Gasteiger partial charge in [0.1, 0.15) is 12.1 Å². The van der Waals surface area contributed by atoms with Crippen molar-refractivity contribution in [1.82, 2.24) is 15.3 Å². The van der Waals surface area contributed by atoms with Crippen molar-refractivity contribution in [3.63, 3.8) is 0 Å². The highest BCUT2D eigenvalue weighted by atomic mass is 16.1. The Morgan fingerprint density at radius 3 is 2.87 bits per heavy atom. The number of hydrogen-bond donors (Lipinski definition) is 2. The highest BCUT2D eigenvalue weighted by molar-refractivity contribution is 5.91. The number of nitrogens with one attached hydrogen (secondary N) is 2. The zero-order chi connectivity index (χ0) is 11.3. The first-order valence-corrected chi connectivity index (χ1v) is 4.87. The lowest BCUT2D eigenvalue weighted by Crippen LogP contribution is -2.28. The van der Waals surface area contributed by atoms with Crippen LogP contribution in [0.3, 0.4) is 0 Å². The van der Waals surface area contributed by atoms with Crippen LogP contribution in [0.15, 0.2) is 12.4 Å². The van der Waals surface area contributed by atoms with Crippen molar-refractivity contribution >= 4 is 11.7 Å². The van der Waals surface area contributed by atoms with Gasteiger partial charge in [-0.3, -0.25) is 4.79 Å². The fraction of sp³-hybridized carbons (Fsp3) is 0.500. The molecule has 0 aliphatic heterocycles. The molecule has 0 saturated heterocycles. The SMILES string of the molecule is CNCC(C)C(=O)Nc1cc(C)ncn1. The van der Waals surface area contributed by atoms with Crippen LogP contribution in [0.1, 0.15) is 12.6 Å². The van der Waals surface area contributed by atoms with Gasteiger partial charge in [0.15, 0.2) is 0 Å². The van der Waals surface area contributed by atoms with E-state index in [0.717, 1.165) is 5.69 Å². The van der Waals surface area contributed by atoms with Crippen LogP contribution >= 0.6 is 0 Å². The molecule has 5 nitrogen and oxygen atoms in total. The fourth-order valence-electron chi connectivity index (χ4n) is 1.17. The number of amides is 1. The molecule has 0 spiro atoms. The maximum absolute atomic E-state index is 11.6. The van der Waals surface area contributed by atoms with Gasteiger partial charge in [-0.1, -0.05) is 6.92 Å². The Balaban J connectivity index is 2.58. The molecule has 1 rings (SSSR count). The predicted molar refractivity (Wildman–Crippen MR) is 58.5 cm³/mol. The summed E-state index contributed by atoms with van der Waals surface area (Å²) in [5.74, 6) is 0.433. The van der Waals surface area contributed by atoms with E-state index in [1.807, 2.05) is 20.9 Å². The minimum absolute atomic E-state index is 0.0394. The molecule has 0 radical (unpaired) electrons. The molecule has 82 valence electrons. The first kappa shape index (κ1) is 11.6. The number of aryl methyl sites for hydroxylation is 1. The lowest BCUT2D eigenvalue weighted by atomic mass is 10.1. The van der Waals surface area contributed by atoms with Crippen LogP contribution < -0.4 is 10.6 Å². The summed E-state index contributed by atoms with van der Waals surface area (Å²) in [6.45, 7) is 4.37. The van der Waals surface area contributed by atoms with Crippen LogP contribution in [0.25, 0.3) is 0 Å². The van der Waals surface area contributed by atoms with Crippen LogP contribution in [0, 0.1) is 12.8 Å². The average molecular weight is 208 g/mol. The zero-order valence-corrected chi connectivity index (χ0v) is 9.24. The van der Waals surface area contributed by atoms with Crippen molar-refractivity contribution < 1.29 is 4.79 Å². The van der Waals surface area contributed by atoms with Crippen molar-refractivity contribution in [2.45, 2.75) is 13.8 Å². The molecule has 0 aromatic carbocycles. The van der Waals surface area contributed by atoms with Crippen LogP contribution in [-0.4, -0.2) is 29.5 Å². The third-order valence-electron chi connectivity index (χ3n) is 2.01. The Bertz CT molecular complexity index is 340. The van der Waals surface area contributed by atoms with Crippen molar-refractivity contribution in [2.75, 3.05) is 18.9 Å². The Kier molecular flexibility index (Phi) is 4.17. The number of hydrogen-bond acceptors (Lipinski definition) is 4. The average Bonchev–Trinajstić information content (AvgIpc) is 2.18. The molecule has 2 N–H and O–H groups in total. The van der Waals surface area contributed by atoms with Gasteiger partial charge in [-0.15, -0.1) is 0 Å². The third-order valence-corrected chi connectivity index (χ3v) is 2.01. The quantitative estimate of drug-likeness (QED) is 0.759. The number of carbonyl (C=O) groups is 1. The van der Waals surface area contributed by atoms with Gasteiger partial charge in [-0.05, 0) is 14.0 Å². The van der Waals surface area contributed by atoms with E-state index in [1.54, 1.807) is 6.07 Å². The van der Waals surface area contributed by atoms with Gasteiger partial charge in [-0.25, -0.2) is 9.97 Å². The standard InChI is InChI=1S/C10H16N4O/c1-7(5-11-3)10(15)14-9-4-8(2)12-6-13-9/h4,6-7,11H,5H2,1-3H3,(H,12,13,14,15). The Morgan fingerprint density at radius 2 is 2.27 bits per heavy atom. The van der Waals surface area contributed by atoms with Gasteiger partial charge in [0.2, 0.25) is 5.91 Å². The summed E-state index contributed by atoms with van der Waals surface area (Å²) in [6.07, 6.45) is 1.44. The monoisotopic (exact) mass is 208 g/mol. The van der Waals surface area contributed by atoms with E-state index in [-0.39, 0.29) is 11.8 Å². The van der Waals surface area contributed by atoms with Crippen LogP contribution in [0.5, 0.6) is 0 Å². The molecule has 0 bridgehead atoms. The van der Waals surface area contributed by atoms with E-state index >= 15 is 0 Å². The summed E-state index contributed by atoms with van der Waals surface area (Å²) in [5.41, 5.74) is 0.835. The molecule has 0 aliphatic rings. The molecule has 0 aliphatic carbocycles. The molecule has 0 saturated carbocycles. The smallest absolute Gasteiger partial charge is 0.229 e. The van der Waals surface area contributed by atoms with Crippen LogP contribution in [0.2, 0.25) is 0 Å². The van der Waals surface area contributed by atoms with E-state index < -0.39 is 0 Å². The number of anilines is 1. The number of nitrogens with zero attached hydrogens (tertiary/aromatic N) is 2. The van der Waals surface area contributed by atoms with Crippen molar-refractivity contribution in [3.05, 3.63) is 18.1 Å². The topological polar surface area (TPSA) is 66.9 Å². The zero-order valence-electron chi connectivity index (χ0n) is 9.24. The number of rotatable bonds is 4. The first-order chi connectivity index (χ1) is 7.13. The summed E-state index contributed by atoms with van der Waals surface area (Å²) in [5, 5.41) is 5.69. The molecule has 1 atom stereocenters. The van der Waals surface area contributed by atoms with Gasteiger partial charge in [0, 0.05) is 24.2 Å². The van der Waals surface area contributed by atoms with Crippen molar-refractivity contribution in [3.8, 4) is 0 Å². The Morgan fingerprint density at radius 1 is 1.53 bits per heavy atom. The summed E-state index contributed by atoms with van der Waals surface area (Å²) in [4.78, 5) is 19.5. The van der Waals surface area contributed by atoms with E-state index in [9.17, 15) is 4.79 Å². The molecule has 0 fully saturated rings. The normalized spacial score (nSPS) is 12.2. The molecule has 1 unspecified atom stereocenters. The second kappa shape index (κ2) is 5.41. The maximum Gasteiger partial charge on any atom is 0.229 e. The minimum Gasteiger partial charge on any atom is -0.319 e. The molecule has 1 aromatic rings. The fourth-order valence-corrected chi connectivity index (χ4v) is 1.17. The van der Waals surface area contributed by atoms with Gasteiger partial charge in [0.25, 0.3) is 0 Å². The molecule has 1 aromatic heterocycles. The van der Waals surface area contributed by atoms with Gasteiger partial charge in [0.05, 0.1) is 0 Å². The molecular weight excluding hydrogens is 192 g/mol. The van der Waals surface area contributed by atoms with E-state index in [1.165, 1.54) is 6.33 Å². The predicted octanol–water partition coefficient (Wildman–Crippen LogP) is 0.579. The Hall–Kier alpha value is -1.49. The largest absolute Gasteiger partial charge is 0.319 e. The third kappa shape index (κ3) is 3.63. The van der Waals surface area contributed by atoms with E-state index in [4.69, 9.17) is 0 Å². The van der Waals surface area contributed by atoms with Gasteiger partial charge in [-0.2, -0.15) is 0 Å². The second-order valence-corrected chi connectivity index (χ2v) is 3.49. The number of aromatic nitrogens is 2. The first-order valence-electron chi connectivity index (χ1n) is 4.87. The number of carbonyl (C=O) groups excluding carboxylic acids is 1. The minimum atomic E-state index is -0.0785. The lowest BCUT2D eigenvalue weighted by molar-refractivity contribution is -0.119. The van der Waals surface area contributed by atoms with Gasteiger partial charge >= 0.3 is 0 Å². The summed E-state index contributed by atoms with van der Waals surface area (Å²) in [6, 6.07) is 1.74. The summed E-state index contributed by atoms with van der Waals surface area (Å²) < 4.78 is 0. The Labute approximate surface area is 89.3 Å². The maximum atomic E-state index is 11.6. The van der Waals surface area contributed by atoms with Crippen molar-refractivity contribution in [1.29, 1.82) is 0 Å². The molecule has 1 heterocycles. The highest BCUT2D eigenvalue weighted by Gasteiger charge is 2.12. The van der Waals surface area contributed by atoms with Gasteiger partial charge < -0.3 is 10.6 Å². The molecular formula is C10H16N4O. The summed E-state index contributed by atoms with van der Waals surface area (Å²) in [7, 11) is 1.82.